The van der Waals surface area contributed by atoms with Crippen LogP contribution in [0.3, 0.4) is 0 Å². The Morgan fingerprint density at radius 3 is 2.60 bits per heavy atom. The maximum Gasteiger partial charge on any atom is 0.315 e. The molecule has 1 aliphatic heterocycles. The van der Waals surface area contributed by atoms with E-state index in [1.54, 1.807) is 23.2 Å². The van der Waals surface area contributed by atoms with E-state index in [4.69, 9.17) is 5.11 Å². The number of nitrogens with zero attached hydrogens (tertiary/aromatic N) is 2. The fourth-order valence-electron chi connectivity index (χ4n) is 3.88. The molecule has 136 valence electrons. The molecule has 1 spiro atoms. The van der Waals surface area contributed by atoms with Crippen molar-refractivity contribution in [1.82, 2.24) is 9.80 Å². The minimum Gasteiger partial charge on any atom is -0.481 e. The molecule has 1 aromatic heterocycles. The van der Waals surface area contributed by atoms with E-state index in [0.717, 1.165) is 24.8 Å². The number of aliphatic carboxylic acids is 1. The quantitative estimate of drug-likeness (QED) is 0.813. The zero-order valence-corrected chi connectivity index (χ0v) is 15.4. The summed E-state index contributed by atoms with van der Waals surface area (Å²) in [6.07, 6.45) is 2.65. The van der Waals surface area contributed by atoms with E-state index in [9.17, 15) is 14.4 Å². The van der Waals surface area contributed by atoms with E-state index in [1.807, 2.05) is 16.3 Å². The van der Waals surface area contributed by atoms with Gasteiger partial charge in [0.15, 0.2) is 0 Å². The number of carbonyl (C=O) groups is 3. The largest absolute Gasteiger partial charge is 0.481 e. The predicted molar refractivity (Wildman–Crippen MR) is 94.0 cm³/mol. The van der Waals surface area contributed by atoms with Crippen LogP contribution in [0.15, 0.2) is 16.8 Å². The fraction of sp³-hybridized carbons (Fsp3) is 0.611. The lowest BCUT2D eigenvalue weighted by molar-refractivity contribution is -0.151. The Bertz CT molecular complexity index is 665. The monoisotopic (exact) mass is 364 g/mol. The Balaban J connectivity index is 1.60. The molecule has 2 heterocycles. The standard InChI is InChI=1S/C18H24N2O4S/c1-12(17(23)24)16(22)19-6-4-18(5-7-19)9-15(18)20(13(2)21)10-14-3-8-25-11-14/h3,8,11-12,15H,4-7,9-10H2,1-2H3,(H,23,24). The molecule has 2 unspecified atom stereocenters. The molecule has 0 aromatic carbocycles. The molecule has 1 saturated carbocycles. The van der Waals surface area contributed by atoms with Crippen LogP contribution in [-0.2, 0) is 20.9 Å². The summed E-state index contributed by atoms with van der Waals surface area (Å²) in [5.41, 5.74) is 1.26. The van der Waals surface area contributed by atoms with Gasteiger partial charge in [-0.2, -0.15) is 11.3 Å². The molecule has 7 heteroatoms. The normalized spacial score (nSPS) is 22.5. The highest BCUT2D eigenvalue weighted by Gasteiger charge is 2.58. The van der Waals surface area contributed by atoms with Gasteiger partial charge in [-0.15, -0.1) is 0 Å². The first-order valence-electron chi connectivity index (χ1n) is 8.64. The van der Waals surface area contributed by atoms with Gasteiger partial charge in [-0.3, -0.25) is 14.4 Å². The van der Waals surface area contributed by atoms with Crippen LogP contribution in [0.1, 0.15) is 38.7 Å². The van der Waals surface area contributed by atoms with Crippen molar-refractivity contribution in [3.63, 3.8) is 0 Å². The van der Waals surface area contributed by atoms with Crippen molar-refractivity contribution in [2.75, 3.05) is 13.1 Å². The first kappa shape index (κ1) is 17.9. The van der Waals surface area contributed by atoms with Crippen molar-refractivity contribution >= 4 is 29.1 Å². The maximum absolute atomic E-state index is 12.2. The van der Waals surface area contributed by atoms with Crippen LogP contribution < -0.4 is 0 Å². The average Bonchev–Trinajstić information content (AvgIpc) is 3.02. The number of rotatable bonds is 5. The second-order valence-corrected chi connectivity index (χ2v) is 8.03. The molecule has 1 aliphatic carbocycles. The van der Waals surface area contributed by atoms with Gasteiger partial charge in [-0.05, 0) is 54.0 Å². The van der Waals surface area contributed by atoms with Crippen LogP contribution in [-0.4, -0.2) is 51.8 Å². The molecule has 2 atom stereocenters. The van der Waals surface area contributed by atoms with E-state index in [0.29, 0.717) is 19.6 Å². The van der Waals surface area contributed by atoms with E-state index in [2.05, 4.69) is 5.38 Å². The Morgan fingerprint density at radius 1 is 1.40 bits per heavy atom. The van der Waals surface area contributed by atoms with Crippen LogP contribution in [0.5, 0.6) is 0 Å². The van der Waals surface area contributed by atoms with Crippen molar-refractivity contribution in [2.45, 2.75) is 45.7 Å². The Hall–Kier alpha value is -1.89. The summed E-state index contributed by atoms with van der Waals surface area (Å²) in [5.74, 6) is -2.28. The van der Waals surface area contributed by atoms with Gasteiger partial charge < -0.3 is 14.9 Å². The molecule has 1 N–H and O–H groups in total. The molecule has 3 rings (SSSR count). The van der Waals surface area contributed by atoms with Crippen molar-refractivity contribution in [3.8, 4) is 0 Å². The number of carboxylic acid groups (broad SMARTS) is 1. The van der Waals surface area contributed by atoms with Gasteiger partial charge in [0.05, 0.1) is 0 Å². The van der Waals surface area contributed by atoms with E-state index in [-0.39, 0.29) is 23.3 Å². The molecular weight excluding hydrogens is 340 g/mol. The van der Waals surface area contributed by atoms with Gasteiger partial charge in [-0.1, -0.05) is 0 Å². The number of hydrogen-bond donors (Lipinski definition) is 1. The first-order valence-corrected chi connectivity index (χ1v) is 9.58. The molecule has 6 nitrogen and oxygen atoms in total. The average molecular weight is 364 g/mol. The van der Waals surface area contributed by atoms with E-state index >= 15 is 0 Å². The summed E-state index contributed by atoms with van der Waals surface area (Å²) < 4.78 is 0. The van der Waals surface area contributed by atoms with Crippen LogP contribution in [0, 0.1) is 11.3 Å². The van der Waals surface area contributed by atoms with Crippen LogP contribution in [0.2, 0.25) is 0 Å². The zero-order chi connectivity index (χ0) is 18.2. The number of hydrogen-bond acceptors (Lipinski definition) is 4. The van der Waals surface area contributed by atoms with Gasteiger partial charge in [-0.25, -0.2) is 0 Å². The van der Waals surface area contributed by atoms with Crippen molar-refractivity contribution < 1.29 is 19.5 Å². The number of carbonyl (C=O) groups excluding carboxylic acids is 2. The predicted octanol–water partition coefficient (Wildman–Crippen LogP) is 2.20. The third-order valence-electron chi connectivity index (χ3n) is 5.67. The lowest BCUT2D eigenvalue weighted by Crippen LogP contribution is -2.45. The molecule has 2 fully saturated rings. The number of piperidine rings is 1. The minimum atomic E-state index is -1.08. The molecule has 1 saturated heterocycles. The number of thiophene rings is 1. The summed E-state index contributed by atoms with van der Waals surface area (Å²) in [6.45, 7) is 4.86. The fourth-order valence-corrected chi connectivity index (χ4v) is 4.54. The molecule has 25 heavy (non-hydrogen) atoms. The second-order valence-electron chi connectivity index (χ2n) is 7.25. The smallest absolute Gasteiger partial charge is 0.315 e. The molecule has 1 aromatic rings. The summed E-state index contributed by atoms with van der Waals surface area (Å²) >= 11 is 1.63. The number of amides is 2. The third-order valence-corrected chi connectivity index (χ3v) is 6.40. The molecule has 0 bridgehead atoms. The summed E-state index contributed by atoms with van der Waals surface area (Å²) in [7, 11) is 0. The number of likely N-dealkylation sites (tertiary alicyclic amines) is 1. The van der Waals surface area contributed by atoms with E-state index in [1.165, 1.54) is 6.92 Å². The van der Waals surface area contributed by atoms with Crippen molar-refractivity contribution in [2.24, 2.45) is 11.3 Å². The topological polar surface area (TPSA) is 77.9 Å². The number of carboxylic acids is 1. The second kappa shape index (κ2) is 6.78. The van der Waals surface area contributed by atoms with Gasteiger partial charge in [0.25, 0.3) is 0 Å². The van der Waals surface area contributed by atoms with Gasteiger partial charge >= 0.3 is 5.97 Å². The summed E-state index contributed by atoms with van der Waals surface area (Å²) in [5, 5.41) is 13.1. The highest BCUT2D eigenvalue weighted by Crippen LogP contribution is 2.57. The van der Waals surface area contributed by atoms with Gasteiger partial charge in [0.1, 0.15) is 5.92 Å². The van der Waals surface area contributed by atoms with Crippen LogP contribution >= 0.6 is 11.3 Å². The lowest BCUT2D eigenvalue weighted by Gasteiger charge is -2.35. The first-order chi connectivity index (χ1) is 11.8. The summed E-state index contributed by atoms with van der Waals surface area (Å²) in [4.78, 5) is 38.9. The highest BCUT2D eigenvalue weighted by atomic mass is 32.1. The Kier molecular flexibility index (Phi) is 4.86. The Labute approximate surface area is 151 Å². The highest BCUT2D eigenvalue weighted by molar-refractivity contribution is 7.07. The van der Waals surface area contributed by atoms with Gasteiger partial charge in [0, 0.05) is 32.6 Å². The Morgan fingerprint density at radius 2 is 2.08 bits per heavy atom. The van der Waals surface area contributed by atoms with Crippen molar-refractivity contribution in [1.29, 1.82) is 0 Å². The maximum atomic E-state index is 12.2. The molecule has 2 amide bonds. The summed E-state index contributed by atoms with van der Waals surface area (Å²) in [6, 6.07) is 2.28. The molecule has 0 radical (unpaired) electrons. The third kappa shape index (κ3) is 3.56. The van der Waals surface area contributed by atoms with Crippen LogP contribution in [0.25, 0.3) is 0 Å². The van der Waals surface area contributed by atoms with Gasteiger partial charge in [0.2, 0.25) is 11.8 Å². The zero-order valence-electron chi connectivity index (χ0n) is 14.6. The van der Waals surface area contributed by atoms with Crippen LogP contribution in [0.4, 0.5) is 0 Å². The molecular formula is C18H24N2O4S. The van der Waals surface area contributed by atoms with Crippen molar-refractivity contribution in [3.05, 3.63) is 22.4 Å². The minimum absolute atomic E-state index is 0.0890. The SMILES string of the molecule is CC(=O)N(Cc1ccsc1)C1CC12CCN(C(=O)C(C)C(=O)O)CC2. The lowest BCUT2D eigenvalue weighted by atomic mass is 9.91. The molecule has 2 aliphatic rings. The van der Waals surface area contributed by atoms with E-state index < -0.39 is 11.9 Å².